The third-order valence-electron chi connectivity index (χ3n) is 3.32. The number of aliphatic carboxylic acids is 1. The Hall–Kier alpha value is -0.630. The van der Waals surface area contributed by atoms with E-state index >= 15 is 0 Å². The van der Waals surface area contributed by atoms with Gasteiger partial charge in [-0.15, -0.1) is 0 Å². The van der Waals surface area contributed by atoms with Crippen LogP contribution < -0.4 is 5.32 Å². The lowest BCUT2D eigenvalue weighted by molar-refractivity contribution is -0.142. The molecule has 0 aromatic heterocycles. The van der Waals surface area contributed by atoms with Crippen LogP contribution in [-0.4, -0.2) is 23.0 Å². The van der Waals surface area contributed by atoms with Crippen LogP contribution in [0.1, 0.15) is 29.6 Å². The largest absolute Gasteiger partial charge is 0.481 e. The molecule has 2 atom stereocenters. The highest BCUT2D eigenvalue weighted by molar-refractivity contribution is 14.1. The van der Waals surface area contributed by atoms with Crippen LogP contribution >= 0.6 is 38.5 Å². The molecule has 6 heteroatoms. The summed E-state index contributed by atoms with van der Waals surface area (Å²) in [6.07, 6.45) is 2.20. The Morgan fingerprint density at radius 1 is 1.37 bits per heavy atom. The number of hydrogen-bond donors (Lipinski definition) is 2. The Balaban J connectivity index is 2.12. The van der Waals surface area contributed by atoms with Crippen molar-refractivity contribution in [3.63, 3.8) is 0 Å². The van der Waals surface area contributed by atoms with Crippen LogP contribution in [0.4, 0.5) is 0 Å². The summed E-state index contributed by atoms with van der Waals surface area (Å²) in [6.45, 7) is 0. The van der Waals surface area contributed by atoms with Crippen molar-refractivity contribution in [1.29, 1.82) is 0 Å². The average molecular weight is 438 g/mol. The fourth-order valence-corrected chi connectivity index (χ4v) is 3.26. The van der Waals surface area contributed by atoms with Gasteiger partial charge >= 0.3 is 5.97 Å². The number of benzene rings is 1. The van der Waals surface area contributed by atoms with Gasteiger partial charge in [-0.3, -0.25) is 9.59 Å². The number of carbonyl (C=O) groups is 2. The second kappa shape index (κ2) is 6.21. The fraction of sp³-hybridized carbons (Fsp3) is 0.385. The number of carbonyl (C=O) groups excluding carboxylic acids is 1. The first-order chi connectivity index (χ1) is 8.99. The molecular formula is C13H13BrINO3. The second-order valence-corrected chi connectivity index (χ2v) is 6.68. The number of nitrogens with one attached hydrogen (secondary N) is 1. The van der Waals surface area contributed by atoms with E-state index in [0.717, 1.165) is 20.9 Å². The highest BCUT2D eigenvalue weighted by atomic mass is 127. The third-order valence-corrected chi connectivity index (χ3v) is 4.69. The predicted molar refractivity (Wildman–Crippen MR) is 83.1 cm³/mol. The number of carboxylic acid groups (broad SMARTS) is 1. The van der Waals surface area contributed by atoms with Crippen molar-refractivity contribution in [2.24, 2.45) is 5.92 Å². The first-order valence-corrected chi connectivity index (χ1v) is 7.85. The minimum absolute atomic E-state index is 0.219. The van der Waals surface area contributed by atoms with E-state index in [4.69, 9.17) is 5.11 Å². The molecule has 19 heavy (non-hydrogen) atoms. The highest BCUT2D eigenvalue weighted by Gasteiger charge is 2.34. The van der Waals surface area contributed by atoms with Gasteiger partial charge in [0.2, 0.25) is 0 Å². The van der Waals surface area contributed by atoms with Gasteiger partial charge in [0, 0.05) is 14.1 Å². The van der Waals surface area contributed by atoms with E-state index in [1.807, 2.05) is 12.1 Å². The van der Waals surface area contributed by atoms with E-state index in [1.165, 1.54) is 0 Å². The lowest BCUT2D eigenvalue weighted by Crippen LogP contribution is -2.40. The smallest absolute Gasteiger partial charge is 0.308 e. The van der Waals surface area contributed by atoms with Crippen LogP contribution in [0, 0.1) is 9.49 Å². The van der Waals surface area contributed by atoms with Gasteiger partial charge in [-0.05, 0) is 69.6 Å². The molecule has 1 amide bonds. The molecule has 4 nitrogen and oxygen atoms in total. The molecule has 1 aliphatic rings. The molecule has 1 aromatic carbocycles. The molecule has 0 spiro atoms. The molecule has 2 rings (SSSR count). The summed E-state index contributed by atoms with van der Waals surface area (Å²) < 4.78 is 1.68. The molecule has 1 aromatic rings. The molecule has 0 aliphatic heterocycles. The summed E-state index contributed by atoms with van der Waals surface area (Å²) in [6, 6.07) is 5.23. The summed E-state index contributed by atoms with van der Waals surface area (Å²) >= 11 is 5.48. The molecule has 0 heterocycles. The maximum absolute atomic E-state index is 12.2. The number of carboxylic acids is 1. The van der Waals surface area contributed by atoms with Crippen molar-refractivity contribution in [2.75, 3.05) is 0 Å². The van der Waals surface area contributed by atoms with Gasteiger partial charge in [0.05, 0.1) is 11.5 Å². The monoisotopic (exact) mass is 437 g/mol. The molecule has 1 aliphatic carbocycles. The fourth-order valence-electron chi connectivity index (χ4n) is 2.35. The van der Waals surface area contributed by atoms with Crippen LogP contribution in [0.15, 0.2) is 22.7 Å². The molecule has 1 saturated carbocycles. The summed E-state index contributed by atoms with van der Waals surface area (Å²) in [5.41, 5.74) is 0.544. The SMILES string of the molecule is O=C(NC1CCCC1C(=O)O)c1cc(I)ccc1Br. The Morgan fingerprint density at radius 2 is 2.11 bits per heavy atom. The van der Waals surface area contributed by atoms with Crippen molar-refractivity contribution >= 4 is 50.4 Å². The lowest BCUT2D eigenvalue weighted by atomic mass is 10.0. The van der Waals surface area contributed by atoms with Crippen LogP contribution in [0.2, 0.25) is 0 Å². The zero-order valence-corrected chi connectivity index (χ0v) is 13.8. The van der Waals surface area contributed by atoms with E-state index < -0.39 is 11.9 Å². The van der Waals surface area contributed by atoms with Gasteiger partial charge < -0.3 is 10.4 Å². The molecule has 0 saturated heterocycles. The van der Waals surface area contributed by atoms with Crippen molar-refractivity contribution in [2.45, 2.75) is 25.3 Å². The number of rotatable bonds is 3. The van der Waals surface area contributed by atoms with Crippen LogP contribution in [-0.2, 0) is 4.79 Å². The Labute approximate surface area is 133 Å². The van der Waals surface area contributed by atoms with Crippen LogP contribution in [0.5, 0.6) is 0 Å². The first-order valence-electron chi connectivity index (χ1n) is 5.98. The summed E-state index contributed by atoms with van der Waals surface area (Å²) in [5, 5.41) is 11.9. The molecule has 0 radical (unpaired) electrons. The Morgan fingerprint density at radius 3 is 2.79 bits per heavy atom. The summed E-state index contributed by atoms with van der Waals surface area (Å²) in [4.78, 5) is 23.3. The van der Waals surface area contributed by atoms with E-state index in [1.54, 1.807) is 6.07 Å². The normalized spacial score (nSPS) is 22.2. The van der Waals surface area contributed by atoms with Crippen molar-refractivity contribution in [1.82, 2.24) is 5.32 Å². The topological polar surface area (TPSA) is 66.4 Å². The number of halogens is 2. The molecule has 0 bridgehead atoms. The minimum Gasteiger partial charge on any atom is -0.481 e. The standard InChI is InChI=1S/C13H13BrINO3/c14-10-5-4-7(15)6-9(10)12(17)16-11-3-1-2-8(11)13(18)19/h4-6,8,11H,1-3H2,(H,16,17)(H,18,19). The van der Waals surface area contributed by atoms with E-state index in [2.05, 4.69) is 43.8 Å². The molecule has 1 fully saturated rings. The summed E-state index contributed by atoms with van der Waals surface area (Å²) in [7, 11) is 0. The van der Waals surface area contributed by atoms with Crippen molar-refractivity contribution in [3.8, 4) is 0 Å². The first kappa shape index (κ1) is 14.8. The van der Waals surface area contributed by atoms with E-state index in [-0.39, 0.29) is 11.9 Å². The molecule has 102 valence electrons. The second-order valence-electron chi connectivity index (χ2n) is 4.58. The number of hydrogen-bond acceptors (Lipinski definition) is 2. The van der Waals surface area contributed by atoms with Crippen LogP contribution in [0.25, 0.3) is 0 Å². The van der Waals surface area contributed by atoms with Gasteiger partial charge in [-0.2, -0.15) is 0 Å². The Bertz CT molecular complexity index is 521. The highest BCUT2D eigenvalue weighted by Crippen LogP contribution is 2.27. The van der Waals surface area contributed by atoms with Crippen molar-refractivity contribution in [3.05, 3.63) is 31.8 Å². The quantitative estimate of drug-likeness (QED) is 0.714. The minimum atomic E-state index is -0.829. The van der Waals surface area contributed by atoms with Gasteiger partial charge in [-0.25, -0.2) is 0 Å². The third kappa shape index (κ3) is 3.47. The van der Waals surface area contributed by atoms with Gasteiger partial charge in [0.1, 0.15) is 0 Å². The van der Waals surface area contributed by atoms with Crippen LogP contribution in [0.3, 0.4) is 0 Å². The lowest BCUT2D eigenvalue weighted by Gasteiger charge is -2.18. The van der Waals surface area contributed by atoms with Gasteiger partial charge in [0.25, 0.3) is 5.91 Å². The van der Waals surface area contributed by atoms with Gasteiger partial charge in [-0.1, -0.05) is 6.42 Å². The van der Waals surface area contributed by atoms with Crippen molar-refractivity contribution < 1.29 is 14.7 Å². The molecule has 2 N–H and O–H groups in total. The zero-order valence-electron chi connectivity index (χ0n) is 10.0. The van der Waals surface area contributed by atoms with Gasteiger partial charge in [0.15, 0.2) is 0 Å². The van der Waals surface area contributed by atoms with E-state index in [0.29, 0.717) is 12.0 Å². The maximum atomic E-state index is 12.2. The van der Waals surface area contributed by atoms with E-state index in [9.17, 15) is 9.59 Å². The zero-order chi connectivity index (χ0) is 14.0. The molecular weight excluding hydrogens is 425 g/mol. The predicted octanol–water partition coefficient (Wildman–Crippen LogP) is 3.04. The average Bonchev–Trinajstić information content (AvgIpc) is 2.80. The Kier molecular flexibility index (Phi) is 4.83. The summed E-state index contributed by atoms with van der Waals surface area (Å²) in [5.74, 6) is -1.52. The molecule has 2 unspecified atom stereocenters. The maximum Gasteiger partial charge on any atom is 0.308 e. The number of amides is 1.